The van der Waals surface area contributed by atoms with E-state index >= 15 is 0 Å². The molecule has 19 heavy (non-hydrogen) atoms. The molecule has 0 aliphatic heterocycles. The van der Waals surface area contributed by atoms with Crippen molar-refractivity contribution in [3.05, 3.63) is 29.8 Å². The van der Waals surface area contributed by atoms with Crippen LogP contribution in [0.4, 0.5) is 0 Å². The van der Waals surface area contributed by atoms with E-state index < -0.39 is 6.04 Å². The van der Waals surface area contributed by atoms with Gasteiger partial charge in [-0.3, -0.25) is 4.79 Å². The number of phenolic OH excluding ortho intramolecular Hbond substituents is 1. The minimum absolute atomic E-state index is 0.0571. The van der Waals surface area contributed by atoms with E-state index in [4.69, 9.17) is 10.5 Å². The number of nitrogens with one attached hydrogen (secondary N) is 1. The molecule has 2 atom stereocenters. The average Bonchev–Trinajstić information content (AvgIpc) is 2.39. The zero-order chi connectivity index (χ0) is 14.3. The number of ether oxygens (including phenoxy) is 1. The summed E-state index contributed by atoms with van der Waals surface area (Å²) in [7, 11) is 0. The smallest absolute Gasteiger partial charge is 0.237 e. The summed E-state index contributed by atoms with van der Waals surface area (Å²) in [6.45, 7) is 4.89. The van der Waals surface area contributed by atoms with Gasteiger partial charge in [0.15, 0.2) is 0 Å². The highest BCUT2D eigenvalue weighted by molar-refractivity contribution is 5.82. The molecule has 0 spiro atoms. The number of hydrogen-bond acceptors (Lipinski definition) is 4. The fourth-order valence-electron chi connectivity index (χ4n) is 1.66. The van der Waals surface area contributed by atoms with Crippen LogP contribution >= 0.6 is 0 Å². The van der Waals surface area contributed by atoms with Crippen LogP contribution in [0.5, 0.6) is 5.75 Å². The average molecular weight is 266 g/mol. The van der Waals surface area contributed by atoms with Crippen molar-refractivity contribution in [2.75, 3.05) is 13.2 Å². The summed E-state index contributed by atoms with van der Waals surface area (Å²) in [5, 5.41) is 12.0. The zero-order valence-electron chi connectivity index (χ0n) is 11.4. The standard InChI is InChI=1S/C14H22N2O3/c1-3-19-9-10(2)16-14(18)13(15)8-11-4-6-12(17)7-5-11/h4-7,10,13,17H,3,8-9,15H2,1-2H3,(H,16,18)/t10?,13-/m0/s1. The van der Waals surface area contributed by atoms with Crippen molar-refractivity contribution in [2.24, 2.45) is 5.73 Å². The Labute approximate surface area is 113 Å². The maximum atomic E-state index is 11.8. The van der Waals surface area contributed by atoms with Crippen LogP contribution in [0.25, 0.3) is 0 Å². The van der Waals surface area contributed by atoms with Gasteiger partial charge in [0.1, 0.15) is 5.75 Å². The molecular formula is C14H22N2O3. The highest BCUT2D eigenvalue weighted by Gasteiger charge is 2.16. The first-order valence-electron chi connectivity index (χ1n) is 6.44. The molecule has 0 saturated carbocycles. The maximum Gasteiger partial charge on any atom is 0.237 e. The first-order chi connectivity index (χ1) is 9.02. The van der Waals surface area contributed by atoms with E-state index in [1.165, 1.54) is 0 Å². The van der Waals surface area contributed by atoms with Crippen molar-refractivity contribution in [1.29, 1.82) is 0 Å². The van der Waals surface area contributed by atoms with Gasteiger partial charge in [-0.25, -0.2) is 0 Å². The van der Waals surface area contributed by atoms with Crippen LogP contribution in [0.15, 0.2) is 24.3 Å². The first kappa shape index (κ1) is 15.5. The molecule has 106 valence electrons. The monoisotopic (exact) mass is 266 g/mol. The maximum absolute atomic E-state index is 11.8. The predicted octanol–water partition coefficient (Wildman–Crippen LogP) is 0.803. The Morgan fingerprint density at radius 3 is 2.63 bits per heavy atom. The van der Waals surface area contributed by atoms with Gasteiger partial charge in [-0.2, -0.15) is 0 Å². The van der Waals surface area contributed by atoms with Crippen LogP contribution in [-0.2, 0) is 16.0 Å². The molecule has 5 nitrogen and oxygen atoms in total. The van der Waals surface area contributed by atoms with Crippen LogP contribution in [0.2, 0.25) is 0 Å². The number of carbonyl (C=O) groups is 1. The molecule has 1 unspecified atom stereocenters. The van der Waals surface area contributed by atoms with E-state index in [0.29, 0.717) is 19.6 Å². The summed E-state index contributed by atoms with van der Waals surface area (Å²) in [6, 6.07) is 6.01. The molecular weight excluding hydrogens is 244 g/mol. The number of rotatable bonds is 7. The third-order valence-corrected chi connectivity index (χ3v) is 2.69. The zero-order valence-corrected chi connectivity index (χ0v) is 11.4. The predicted molar refractivity (Wildman–Crippen MR) is 73.9 cm³/mol. The molecule has 1 amide bonds. The number of phenols is 1. The molecule has 0 heterocycles. The van der Waals surface area contributed by atoms with Crippen LogP contribution < -0.4 is 11.1 Å². The third-order valence-electron chi connectivity index (χ3n) is 2.69. The van der Waals surface area contributed by atoms with E-state index in [1.807, 2.05) is 13.8 Å². The second-order valence-corrected chi connectivity index (χ2v) is 4.55. The molecule has 1 aromatic rings. The Morgan fingerprint density at radius 1 is 1.42 bits per heavy atom. The molecule has 0 radical (unpaired) electrons. The second kappa shape index (κ2) is 7.76. The van der Waals surface area contributed by atoms with Crippen LogP contribution in [0, 0.1) is 0 Å². The minimum Gasteiger partial charge on any atom is -0.508 e. The summed E-state index contributed by atoms with van der Waals surface area (Å²) in [4.78, 5) is 11.8. The molecule has 0 aliphatic carbocycles. The van der Waals surface area contributed by atoms with Crippen molar-refractivity contribution >= 4 is 5.91 Å². The van der Waals surface area contributed by atoms with Gasteiger partial charge in [-0.1, -0.05) is 12.1 Å². The van der Waals surface area contributed by atoms with Gasteiger partial charge in [-0.15, -0.1) is 0 Å². The molecule has 0 bridgehead atoms. The quantitative estimate of drug-likeness (QED) is 0.681. The molecule has 0 fully saturated rings. The van der Waals surface area contributed by atoms with Gasteiger partial charge < -0.3 is 20.9 Å². The van der Waals surface area contributed by atoms with Crippen LogP contribution in [0.3, 0.4) is 0 Å². The molecule has 4 N–H and O–H groups in total. The van der Waals surface area contributed by atoms with Crippen molar-refractivity contribution in [3.8, 4) is 5.75 Å². The lowest BCUT2D eigenvalue weighted by Gasteiger charge is -2.17. The first-order valence-corrected chi connectivity index (χ1v) is 6.44. The summed E-state index contributed by atoms with van der Waals surface area (Å²) < 4.78 is 5.22. The SMILES string of the molecule is CCOCC(C)NC(=O)[C@@H](N)Cc1ccc(O)cc1. The number of aromatic hydroxyl groups is 1. The highest BCUT2D eigenvalue weighted by atomic mass is 16.5. The summed E-state index contributed by atoms with van der Waals surface area (Å²) in [5.41, 5.74) is 6.76. The summed E-state index contributed by atoms with van der Waals surface area (Å²) in [6.07, 6.45) is 0.438. The van der Waals surface area contributed by atoms with E-state index in [9.17, 15) is 9.90 Å². The number of benzene rings is 1. The Hall–Kier alpha value is -1.59. The lowest BCUT2D eigenvalue weighted by Crippen LogP contribution is -2.46. The Balaban J connectivity index is 2.42. The summed E-state index contributed by atoms with van der Waals surface area (Å²) >= 11 is 0. The molecule has 5 heteroatoms. The number of carbonyl (C=O) groups excluding carboxylic acids is 1. The van der Waals surface area contributed by atoms with Gasteiger partial charge >= 0.3 is 0 Å². The van der Waals surface area contributed by atoms with Crippen LogP contribution in [0.1, 0.15) is 19.4 Å². The van der Waals surface area contributed by atoms with Gasteiger partial charge in [0.25, 0.3) is 0 Å². The fraction of sp³-hybridized carbons (Fsp3) is 0.500. The lowest BCUT2D eigenvalue weighted by molar-refractivity contribution is -0.123. The Morgan fingerprint density at radius 2 is 2.05 bits per heavy atom. The van der Waals surface area contributed by atoms with Gasteiger partial charge in [0.05, 0.1) is 12.6 Å². The molecule has 1 aromatic carbocycles. The van der Waals surface area contributed by atoms with Crippen molar-refractivity contribution in [2.45, 2.75) is 32.4 Å². The number of nitrogens with two attached hydrogens (primary N) is 1. The highest BCUT2D eigenvalue weighted by Crippen LogP contribution is 2.10. The molecule has 0 saturated heterocycles. The van der Waals surface area contributed by atoms with Crippen LogP contribution in [-0.4, -0.2) is 36.3 Å². The molecule has 1 rings (SSSR count). The fourth-order valence-corrected chi connectivity index (χ4v) is 1.66. The Kier molecular flexibility index (Phi) is 6.32. The van der Waals surface area contributed by atoms with E-state index in [0.717, 1.165) is 5.56 Å². The van der Waals surface area contributed by atoms with Crippen molar-refractivity contribution < 1.29 is 14.6 Å². The molecule has 0 aromatic heterocycles. The normalized spacial score (nSPS) is 13.8. The number of amides is 1. The van der Waals surface area contributed by atoms with Crippen molar-refractivity contribution in [3.63, 3.8) is 0 Å². The molecule has 0 aliphatic rings. The number of hydrogen-bond donors (Lipinski definition) is 3. The van der Waals surface area contributed by atoms with Crippen molar-refractivity contribution in [1.82, 2.24) is 5.32 Å². The minimum atomic E-state index is -0.603. The second-order valence-electron chi connectivity index (χ2n) is 4.55. The van der Waals surface area contributed by atoms with Gasteiger partial charge in [-0.05, 0) is 38.0 Å². The van der Waals surface area contributed by atoms with Gasteiger partial charge in [0.2, 0.25) is 5.91 Å². The van der Waals surface area contributed by atoms with E-state index in [-0.39, 0.29) is 17.7 Å². The van der Waals surface area contributed by atoms with Gasteiger partial charge in [0, 0.05) is 12.6 Å². The topological polar surface area (TPSA) is 84.6 Å². The summed E-state index contributed by atoms with van der Waals surface area (Å²) in [5.74, 6) is 0.00684. The Bertz CT molecular complexity index is 392. The van der Waals surface area contributed by atoms with E-state index in [2.05, 4.69) is 5.32 Å². The largest absolute Gasteiger partial charge is 0.508 e. The third kappa shape index (κ3) is 5.72. The van der Waals surface area contributed by atoms with E-state index in [1.54, 1.807) is 24.3 Å². The lowest BCUT2D eigenvalue weighted by atomic mass is 10.1.